The first-order valence-electron chi connectivity index (χ1n) is 8.57. The molecule has 4 N–H and O–H groups in total. The zero-order chi connectivity index (χ0) is 19.2. The van der Waals surface area contributed by atoms with Gasteiger partial charge in [-0.1, -0.05) is 30.9 Å². The quantitative estimate of drug-likeness (QED) is 0.489. The standard InChI is InChI=1S/C15H20ClNO4.C4H5N/c16-11-7-8-13(18)12(10-11)15(21)17-9-5-3-1-2-4-6-14(19)20;1-2-4-5-3-1/h7-8,10,18H,1-6,9H2,(H,17,21)(H,19,20);1-5H. The van der Waals surface area contributed by atoms with Crippen molar-refractivity contribution in [3.8, 4) is 5.75 Å². The predicted octanol–water partition coefficient (Wildman–Crippen LogP) is 4.22. The summed E-state index contributed by atoms with van der Waals surface area (Å²) in [4.78, 5) is 25.0. The van der Waals surface area contributed by atoms with Crippen LogP contribution in [0.1, 0.15) is 48.9 Å². The van der Waals surface area contributed by atoms with Crippen LogP contribution in [0.15, 0.2) is 42.7 Å². The van der Waals surface area contributed by atoms with Gasteiger partial charge in [0.25, 0.3) is 5.91 Å². The molecule has 1 aromatic carbocycles. The number of phenols is 1. The van der Waals surface area contributed by atoms with Crippen LogP contribution in [0.4, 0.5) is 0 Å². The van der Waals surface area contributed by atoms with Gasteiger partial charge in [0.15, 0.2) is 0 Å². The number of carboxylic acids is 1. The van der Waals surface area contributed by atoms with Gasteiger partial charge in [0.05, 0.1) is 5.56 Å². The minimum atomic E-state index is -0.761. The van der Waals surface area contributed by atoms with Gasteiger partial charge >= 0.3 is 5.97 Å². The molecule has 0 fully saturated rings. The summed E-state index contributed by atoms with van der Waals surface area (Å²) >= 11 is 5.78. The van der Waals surface area contributed by atoms with E-state index in [-0.39, 0.29) is 23.6 Å². The highest BCUT2D eigenvalue weighted by Crippen LogP contribution is 2.21. The Morgan fingerprint density at radius 2 is 1.69 bits per heavy atom. The van der Waals surface area contributed by atoms with Crippen molar-refractivity contribution in [3.63, 3.8) is 0 Å². The summed E-state index contributed by atoms with van der Waals surface area (Å²) in [6.07, 6.45) is 8.24. The summed E-state index contributed by atoms with van der Waals surface area (Å²) < 4.78 is 0. The highest BCUT2D eigenvalue weighted by Gasteiger charge is 2.10. The number of halogens is 1. The maximum Gasteiger partial charge on any atom is 0.303 e. The number of amides is 1. The number of phenolic OH excluding ortho intramolecular Hbond substituents is 1. The number of rotatable bonds is 9. The highest BCUT2D eigenvalue weighted by atomic mass is 35.5. The minimum Gasteiger partial charge on any atom is -0.507 e. The average molecular weight is 381 g/mol. The van der Waals surface area contributed by atoms with Gasteiger partial charge in [-0.15, -0.1) is 0 Å². The van der Waals surface area contributed by atoms with E-state index in [1.54, 1.807) is 0 Å². The molecule has 0 saturated heterocycles. The van der Waals surface area contributed by atoms with E-state index in [2.05, 4.69) is 10.3 Å². The van der Waals surface area contributed by atoms with Gasteiger partial charge in [-0.3, -0.25) is 9.59 Å². The zero-order valence-corrected chi connectivity index (χ0v) is 15.3. The van der Waals surface area contributed by atoms with E-state index in [1.807, 2.05) is 24.5 Å². The number of H-pyrrole nitrogens is 1. The maximum atomic E-state index is 11.8. The molecule has 0 unspecified atom stereocenters. The minimum absolute atomic E-state index is 0.0921. The molecule has 2 aromatic rings. The lowest BCUT2D eigenvalue weighted by Crippen LogP contribution is -2.24. The van der Waals surface area contributed by atoms with Gasteiger partial charge in [-0.2, -0.15) is 0 Å². The Labute approximate surface area is 158 Å². The Balaban J connectivity index is 0.000000577. The molecule has 6 nitrogen and oxygen atoms in total. The van der Waals surface area contributed by atoms with E-state index < -0.39 is 5.97 Å². The number of aromatic nitrogens is 1. The van der Waals surface area contributed by atoms with Crippen LogP contribution >= 0.6 is 11.6 Å². The fourth-order valence-corrected chi connectivity index (χ4v) is 2.37. The van der Waals surface area contributed by atoms with Crippen molar-refractivity contribution in [2.24, 2.45) is 0 Å². The Morgan fingerprint density at radius 3 is 2.31 bits per heavy atom. The number of benzene rings is 1. The van der Waals surface area contributed by atoms with Crippen LogP contribution in [0.2, 0.25) is 5.02 Å². The summed E-state index contributed by atoms with van der Waals surface area (Å²) in [5.41, 5.74) is 0.170. The molecule has 142 valence electrons. The van der Waals surface area contributed by atoms with Crippen LogP contribution in [0.5, 0.6) is 5.75 Å². The number of carbonyl (C=O) groups excluding carboxylic acids is 1. The predicted molar refractivity (Wildman–Crippen MR) is 102 cm³/mol. The third kappa shape index (κ3) is 9.74. The van der Waals surface area contributed by atoms with Gasteiger partial charge in [0, 0.05) is 30.4 Å². The van der Waals surface area contributed by atoms with Crippen LogP contribution < -0.4 is 5.32 Å². The normalized spacial score (nSPS) is 9.88. The molecule has 0 saturated carbocycles. The van der Waals surface area contributed by atoms with Gasteiger partial charge in [-0.05, 0) is 43.2 Å². The van der Waals surface area contributed by atoms with Crippen molar-refractivity contribution in [3.05, 3.63) is 53.3 Å². The number of aliphatic carboxylic acids is 1. The number of nitrogens with one attached hydrogen (secondary N) is 2. The monoisotopic (exact) mass is 380 g/mol. The van der Waals surface area contributed by atoms with E-state index in [1.165, 1.54) is 18.2 Å². The number of aromatic hydroxyl groups is 1. The molecule has 0 aliphatic carbocycles. The largest absolute Gasteiger partial charge is 0.507 e. The number of aromatic amines is 1. The Morgan fingerprint density at radius 1 is 1.04 bits per heavy atom. The van der Waals surface area contributed by atoms with Gasteiger partial charge < -0.3 is 20.5 Å². The number of unbranched alkanes of at least 4 members (excludes halogenated alkanes) is 4. The van der Waals surface area contributed by atoms with Crippen LogP contribution in [-0.2, 0) is 4.79 Å². The molecule has 0 spiro atoms. The first-order chi connectivity index (χ1) is 12.5. The molecule has 0 atom stereocenters. The number of carboxylic acid groups (broad SMARTS) is 1. The lowest BCUT2D eigenvalue weighted by molar-refractivity contribution is -0.137. The van der Waals surface area contributed by atoms with E-state index in [0.717, 1.165) is 25.7 Å². The molecule has 0 aliphatic rings. The molecular formula is C19H25ClN2O4. The fourth-order valence-electron chi connectivity index (χ4n) is 2.20. The SMILES string of the molecule is O=C(O)CCCCCCCNC(=O)c1cc(Cl)ccc1O.c1cc[nH]c1. The van der Waals surface area contributed by atoms with Gasteiger partial charge in [-0.25, -0.2) is 0 Å². The number of hydrogen-bond donors (Lipinski definition) is 4. The van der Waals surface area contributed by atoms with E-state index in [4.69, 9.17) is 16.7 Å². The van der Waals surface area contributed by atoms with E-state index >= 15 is 0 Å². The molecule has 0 bridgehead atoms. The summed E-state index contributed by atoms with van der Waals surface area (Å²) in [5.74, 6) is -1.20. The average Bonchev–Trinajstić information content (AvgIpc) is 3.19. The van der Waals surface area contributed by atoms with Crippen LogP contribution in [0.3, 0.4) is 0 Å². The van der Waals surface area contributed by atoms with E-state index in [9.17, 15) is 14.7 Å². The lowest BCUT2D eigenvalue weighted by atomic mass is 10.1. The number of carbonyl (C=O) groups is 2. The maximum absolute atomic E-state index is 11.8. The molecule has 7 heteroatoms. The first kappa shape index (κ1) is 21.6. The van der Waals surface area contributed by atoms with Gasteiger partial charge in [0.2, 0.25) is 0 Å². The van der Waals surface area contributed by atoms with Crippen LogP contribution in [0, 0.1) is 0 Å². The smallest absolute Gasteiger partial charge is 0.303 e. The molecule has 2 rings (SSSR count). The molecule has 1 aromatic heterocycles. The Kier molecular flexibility index (Phi) is 10.6. The van der Waals surface area contributed by atoms with Crippen molar-refractivity contribution in [2.75, 3.05) is 6.54 Å². The second-order valence-corrected chi connectivity index (χ2v) is 6.15. The third-order valence-corrected chi connectivity index (χ3v) is 3.79. The topological polar surface area (TPSA) is 102 Å². The second-order valence-electron chi connectivity index (χ2n) is 5.71. The van der Waals surface area contributed by atoms with Crippen molar-refractivity contribution in [1.82, 2.24) is 10.3 Å². The molecular weight excluding hydrogens is 356 g/mol. The number of hydrogen-bond acceptors (Lipinski definition) is 3. The summed E-state index contributed by atoms with van der Waals surface area (Å²) in [7, 11) is 0. The van der Waals surface area contributed by atoms with Crippen molar-refractivity contribution in [2.45, 2.75) is 38.5 Å². The van der Waals surface area contributed by atoms with E-state index in [0.29, 0.717) is 18.0 Å². The van der Waals surface area contributed by atoms with Crippen molar-refractivity contribution >= 4 is 23.5 Å². The Hall–Kier alpha value is -2.47. The first-order valence-corrected chi connectivity index (χ1v) is 8.94. The van der Waals surface area contributed by atoms with Crippen LogP contribution in [-0.4, -0.2) is 33.6 Å². The van der Waals surface area contributed by atoms with Crippen LogP contribution in [0.25, 0.3) is 0 Å². The summed E-state index contributed by atoms with van der Waals surface area (Å²) in [6.45, 7) is 0.518. The third-order valence-electron chi connectivity index (χ3n) is 3.55. The summed E-state index contributed by atoms with van der Waals surface area (Å²) in [5, 5.41) is 21.2. The molecule has 0 radical (unpaired) electrons. The lowest BCUT2D eigenvalue weighted by Gasteiger charge is -2.07. The van der Waals surface area contributed by atoms with Crippen molar-refractivity contribution < 1.29 is 19.8 Å². The molecule has 1 amide bonds. The summed E-state index contributed by atoms with van der Waals surface area (Å²) in [6, 6.07) is 8.22. The van der Waals surface area contributed by atoms with Crippen molar-refractivity contribution in [1.29, 1.82) is 0 Å². The van der Waals surface area contributed by atoms with Gasteiger partial charge in [0.1, 0.15) is 5.75 Å². The second kappa shape index (κ2) is 12.8. The fraction of sp³-hybridized carbons (Fsp3) is 0.368. The highest BCUT2D eigenvalue weighted by molar-refractivity contribution is 6.31. The zero-order valence-electron chi connectivity index (χ0n) is 14.6. The Bertz CT molecular complexity index is 642. The molecule has 1 heterocycles. The molecule has 26 heavy (non-hydrogen) atoms. The molecule has 0 aliphatic heterocycles.